The van der Waals surface area contributed by atoms with Crippen LogP contribution in [0.1, 0.15) is 0 Å². The van der Waals surface area contributed by atoms with Crippen molar-refractivity contribution in [1.29, 1.82) is 0 Å². The van der Waals surface area contributed by atoms with Crippen molar-refractivity contribution in [3.8, 4) is 0 Å². The number of rotatable bonds is 3. The highest BCUT2D eigenvalue weighted by atomic mass is 35.5. The molecule has 1 aromatic rings. The maximum atomic E-state index is 11.1. The highest BCUT2D eigenvalue weighted by Crippen LogP contribution is 2.05. The Morgan fingerprint density at radius 1 is 1.47 bits per heavy atom. The zero-order valence-electron chi connectivity index (χ0n) is 7.35. The van der Waals surface area contributed by atoms with Crippen molar-refractivity contribution >= 4 is 29.3 Å². The summed E-state index contributed by atoms with van der Waals surface area (Å²) in [6, 6.07) is 1.43. The van der Waals surface area contributed by atoms with E-state index < -0.39 is 11.9 Å². The van der Waals surface area contributed by atoms with Crippen LogP contribution in [-0.2, 0) is 9.59 Å². The summed E-state index contributed by atoms with van der Waals surface area (Å²) >= 11 is 5.47. The molecule has 78 valence electrons. The zero-order chi connectivity index (χ0) is 11.3. The van der Waals surface area contributed by atoms with Crippen molar-refractivity contribution in [1.82, 2.24) is 9.97 Å². The molecular weight excluding hydrogens is 222 g/mol. The summed E-state index contributed by atoms with van der Waals surface area (Å²) in [5, 5.41) is 10.6. The number of carbonyl (C=O) groups excluding carboxylic acids is 1. The predicted octanol–water partition coefficient (Wildman–Crippen LogP) is 0.709. The fraction of sp³-hybridized carbons (Fsp3) is 0. The highest BCUT2D eigenvalue weighted by Gasteiger charge is 2.00. The van der Waals surface area contributed by atoms with Gasteiger partial charge in [-0.05, 0) is 17.7 Å². The average molecular weight is 228 g/mol. The standard InChI is InChI=1S/C8H6ClN3O3/c9-8-10-4-3-5(12-8)11-6(13)1-2-7(14)15/h1-4H,(H,14,15)(H,10,11,12,13)/b2-1+. The molecule has 1 heterocycles. The molecule has 0 saturated carbocycles. The molecule has 1 amide bonds. The molecule has 2 N–H and O–H groups in total. The van der Waals surface area contributed by atoms with Crippen LogP contribution >= 0.6 is 11.6 Å². The van der Waals surface area contributed by atoms with Crippen molar-refractivity contribution < 1.29 is 14.7 Å². The number of carboxylic acid groups (broad SMARTS) is 1. The Kier molecular flexibility index (Phi) is 3.75. The second kappa shape index (κ2) is 5.06. The Morgan fingerprint density at radius 2 is 2.20 bits per heavy atom. The molecule has 0 radical (unpaired) electrons. The monoisotopic (exact) mass is 227 g/mol. The number of carbonyl (C=O) groups is 2. The van der Waals surface area contributed by atoms with E-state index in [1.165, 1.54) is 12.3 Å². The number of aromatic nitrogens is 2. The smallest absolute Gasteiger partial charge is 0.328 e. The molecule has 0 unspecified atom stereocenters. The van der Waals surface area contributed by atoms with Crippen LogP contribution in [-0.4, -0.2) is 27.0 Å². The SMILES string of the molecule is O=C(O)/C=C/C(=O)Nc1ccnc(Cl)n1. The molecule has 0 bridgehead atoms. The van der Waals surface area contributed by atoms with E-state index in [2.05, 4.69) is 15.3 Å². The summed E-state index contributed by atoms with van der Waals surface area (Å²) in [7, 11) is 0. The van der Waals surface area contributed by atoms with Crippen LogP contribution in [0.2, 0.25) is 5.28 Å². The maximum Gasteiger partial charge on any atom is 0.328 e. The van der Waals surface area contributed by atoms with Crippen LogP contribution in [0.25, 0.3) is 0 Å². The van der Waals surface area contributed by atoms with Crippen molar-refractivity contribution in [2.24, 2.45) is 0 Å². The topological polar surface area (TPSA) is 92.2 Å². The Morgan fingerprint density at radius 3 is 2.80 bits per heavy atom. The van der Waals surface area contributed by atoms with E-state index in [1.807, 2.05) is 0 Å². The van der Waals surface area contributed by atoms with Crippen LogP contribution in [0.15, 0.2) is 24.4 Å². The van der Waals surface area contributed by atoms with Gasteiger partial charge in [0.1, 0.15) is 5.82 Å². The van der Waals surface area contributed by atoms with Gasteiger partial charge in [-0.15, -0.1) is 0 Å². The van der Waals surface area contributed by atoms with Gasteiger partial charge in [0.25, 0.3) is 0 Å². The van der Waals surface area contributed by atoms with Gasteiger partial charge in [-0.2, -0.15) is 0 Å². The van der Waals surface area contributed by atoms with Gasteiger partial charge in [0.2, 0.25) is 11.2 Å². The van der Waals surface area contributed by atoms with Gasteiger partial charge in [-0.3, -0.25) is 4.79 Å². The lowest BCUT2D eigenvalue weighted by Gasteiger charge is -1.99. The number of hydrogen-bond acceptors (Lipinski definition) is 4. The van der Waals surface area contributed by atoms with E-state index in [-0.39, 0.29) is 11.1 Å². The lowest BCUT2D eigenvalue weighted by molar-refractivity contribution is -0.131. The summed E-state index contributed by atoms with van der Waals surface area (Å²) in [6.45, 7) is 0. The molecule has 0 aliphatic rings. The van der Waals surface area contributed by atoms with E-state index in [4.69, 9.17) is 16.7 Å². The van der Waals surface area contributed by atoms with E-state index in [9.17, 15) is 9.59 Å². The molecule has 0 aliphatic heterocycles. The first kappa shape index (κ1) is 11.1. The maximum absolute atomic E-state index is 11.1. The molecule has 7 heteroatoms. The third-order valence-corrected chi connectivity index (χ3v) is 1.44. The minimum Gasteiger partial charge on any atom is -0.478 e. The first-order valence-electron chi connectivity index (χ1n) is 3.78. The van der Waals surface area contributed by atoms with Gasteiger partial charge in [-0.1, -0.05) is 0 Å². The van der Waals surface area contributed by atoms with Crippen molar-refractivity contribution in [3.05, 3.63) is 29.7 Å². The summed E-state index contributed by atoms with van der Waals surface area (Å²) in [4.78, 5) is 28.5. The van der Waals surface area contributed by atoms with Crippen LogP contribution in [0.3, 0.4) is 0 Å². The van der Waals surface area contributed by atoms with E-state index in [0.29, 0.717) is 0 Å². The lowest BCUT2D eigenvalue weighted by atomic mass is 10.4. The molecule has 0 aliphatic carbocycles. The normalized spacial score (nSPS) is 10.2. The molecule has 6 nitrogen and oxygen atoms in total. The first-order valence-corrected chi connectivity index (χ1v) is 4.16. The number of hydrogen-bond donors (Lipinski definition) is 2. The number of anilines is 1. The molecule has 0 atom stereocenters. The minimum absolute atomic E-state index is 0.00462. The lowest BCUT2D eigenvalue weighted by Crippen LogP contribution is -2.10. The fourth-order valence-corrected chi connectivity index (χ4v) is 0.867. The van der Waals surface area contributed by atoms with Crippen LogP contribution in [0.5, 0.6) is 0 Å². The number of nitrogens with zero attached hydrogens (tertiary/aromatic N) is 2. The molecule has 0 saturated heterocycles. The molecule has 1 aromatic heterocycles. The fourth-order valence-electron chi connectivity index (χ4n) is 0.719. The van der Waals surface area contributed by atoms with Gasteiger partial charge >= 0.3 is 5.97 Å². The van der Waals surface area contributed by atoms with Crippen molar-refractivity contribution in [3.63, 3.8) is 0 Å². The first-order chi connectivity index (χ1) is 7.08. The molecule has 0 fully saturated rings. The predicted molar refractivity (Wildman–Crippen MR) is 52.4 cm³/mol. The summed E-state index contributed by atoms with van der Waals surface area (Å²) in [6.07, 6.45) is 2.96. The molecule has 0 spiro atoms. The Labute approximate surface area is 89.6 Å². The van der Waals surface area contributed by atoms with Crippen LogP contribution in [0, 0.1) is 0 Å². The summed E-state index contributed by atoms with van der Waals surface area (Å²) in [5.74, 6) is -1.60. The van der Waals surface area contributed by atoms with E-state index in [1.54, 1.807) is 0 Å². The van der Waals surface area contributed by atoms with Gasteiger partial charge in [0.05, 0.1) is 0 Å². The summed E-state index contributed by atoms with van der Waals surface area (Å²) < 4.78 is 0. The van der Waals surface area contributed by atoms with Crippen LogP contribution in [0.4, 0.5) is 5.82 Å². The summed E-state index contributed by atoms with van der Waals surface area (Å²) in [5.41, 5.74) is 0. The second-order valence-electron chi connectivity index (χ2n) is 2.37. The molecule has 15 heavy (non-hydrogen) atoms. The molecular formula is C8H6ClN3O3. The van der Waals surface area contributed by atoms with Crippen LogP contribution < -0.4 is 5.32 Å². The minimum atomic E-state index is -1.20. The Balaban J connectivity index is 2.63. The number of amides is 1. The van der Waals surface area contributed by atoms with Crippen molar-refractivity contribution in [2.45, 2.75) is 0 Å². The zero-order valence-corrected chi connectivity index (χ0v) is 8.10. The van der Waals surface area contributed by atoms with Crippen molar-refractivity contribution in [2.75, 3.05) is 5.32 Å². The quantitative estimate of drug-likeness (QED) is 0.586. The van der Waals surface area contributed by atoms with E-state index in [0.717, 1.165) is 12.2 Å². The Bertz CT molecular complexity index is 419. The number of nitrogens with one attached hydrogen (secondary N) is 1. The van der Waals surface area contributed by atoms with E-state index >= 15 is 0 Å². The molecule has 1 rings (SSSR count). The number of aliphatic carboxylic acids is 1. The highest BCUT2D eigenvalue weighted by molar-refractivity contribution is 6.28. The van der Waals surface area contributed by atoms with Gasteiger partial charge in [0, 0.05) is 18.3 Å². The third-order valence-electron chi connectivity index (χ3n) is 1.25. The number of carboxylic acids is 1. The number of halogens is 1. The van der Waals surface area contributed by atoms with Gasteiger partial charge in [-0.25, -0.2) is 14.8 Å². The second-order valence-corrected chi connectivity index (χ2v) is 2.71. The average Bonchev–Trinajstić information content (AvgIpc) is 2.15. The van der Waals surface area contributed by atoms with Gasteiger partial charge < -0.3 is 10.4 Å². The van der Waals surface area contributed by atoms with Gasteiger partial charge in [0.15, 0.2) is 0 Å². The molecule has 0 aromatic carbocycles. The Hall–Kier alpha value is -1.95. The largest absolute Gasteiger partial charge is 0.478 e. The third kappa shape index (κ3) is 4.19.